The van der Waals surface area contributed by atoms with Crippen molar-refractivity contribution in [3.8, 4) is 12.8 Å². The molecular formula is C11H18FNO. The maximum Gasteiger partial charge on any atom is 0.181 e. The molecule has 1 aliphatic heterocycles. The lowest BCUT2D eigenvalue weighted by Gasteiger charge is -2.38. The number of nitrogens with one attached hydrogen (secondary N) is 1. The average Bonchev–Trinajstić information content (AvgIpc) is 2.05. The van der Waals surface area contributed by atoms with Crippen molar-refractivity contribution in [3.63, 3.8) is 0 Å². The number of Topliss-reactive ketones (excluding diaryl/α,β-unsaturated/α-hetero) is 1. The summed E-state index contributed by atoms with van der Waals surface area (Å²) in [5.41, 5.74) is -1.75. The van der Waals surface area contributed by atoms with Gasteiger partial charge in [-0.2, -0.15) is 0 Å². The molecule has 1 atom stereocenters. The fraction of sp³-hybridized carbons (Fsp3) is 0.727. The van der Waals surface area contributed by atoms with Gasteiger partial charge in [0.15, 0.2) is 11.5 Å². The highest BCUT2D eigenvalue weighted by atomic mass is 19.1. The summed E-state index contributed by atoms with van der Waals surface area (Å²) in [5.74, 6) is -0.359. The van der Waals surface area contributed by atoms with Crippen molar-refractivity contribution in [1.29, 1.82) is 0 Å². The van der Waals surface area contributed by atoms with E-state index in [4.69, 9.17) is 0 Å². The first-order valence-corrected chi connectivity index (χ1v) is 4.60. The van der Waals surface area contributed by atoms with Gasteiger partial charge in [0, 0.05) is 13.1 Å². The van der Waals surface area contributed by atoms with Crippen molar-refractivity contribution in [1.82, 2.24) is 5.32 Å². The van der Waals surface area contributed by atoms with Gasteiger partial charge in [-0.1, -0.05) is 13.8 Å². The van der Waals surface area contributed by atoms with Crippen LogP contribution in [0.5, 0.6) is 0 Å². The van der Waals surface area contributed by atoms with Crippen LogP contribution in [0.2, 0.25) is 0 Å². The van der Waals surface area contributed by atoms with Crippen LogP contribution in [-0.4, -0.2) is 24.5 Å². The number of halogens is 1. The van der Waals surface area contributed by atoms with Crippen molar-refractivity contribution in [2.45, 2.75) is 32.9 Å². The van der Waals surface area contributed by atoms with E-state index in [1.807, 2.05) is 13.8 Å². The second kappa shape index (κ2) is 4.56. The first kappa shape index (κ1) is 13.1. The van der Waals surface area contributed by atoms with Gasteiger partial charge in [-0.05, 0) is 18.8 Å². The van der Waals surface area contributed by atoms with Crippen LogP contribution in [0.15, 0.2) is 0 Å². The Morgan fingerprint density at radius 2 is 1.86 bits per heavy atom. The van der Waals surface area contributed by atoms with Crippen LogP contribution in [0.1, 0.15) is 27.2 Å². The first-order valence-electron chi connectivity index (χ1n) is 4.60. The summed E-state index contributed by atoms with van der Waals surface area (Å²) in [6.07, 6.45) is 8.34. The zero-order valence-corrected chi connectivity index (χ0v) is 9.06. The summed E-state index contributed by atoms with van der Waals surface area (Å²) in [6, 6.07) is 0. The number of hydrogen-bond donors (Lipinski definition) is 1. The number of carbonyl (C=O) groups is 1. The lowest BCUT2D eigenvalue weighted by molar-refractivity contribution is -0.131. The number of ketones is 1. The molecule has 0 radical (unpaired) electrons. The largest absolute Gasteiger partial charge is 0.313 e. The van der Waals surface area contributed by atoms with Gasteiger partial charge in [0.05, 0.1) is 0 Å². The molecule has 1 fully saturated rings. The molecule has 1 rings (SSSR count). The predicted molar refractivity (Wildman–Crippen MR) is 55.7 cm³/mol. The molecule has 80 valence electrons. The van der Waals surface area contributed by atoms with Crippen LogP contribution < -0.4 is 5.32 Å². The standard InChI is InChI=1S/C9H16FNO.C2H2/c1-7(12)9(10)4-8(2,3)5-11-6-9;1-2/h11H,4-6H2,1-3H3;1-2H/t9-;/m0./s1. The van der Waals surface area contributed by atoms with Crippen LogP contribution in [0, 0.1) is 18.3 Å². The lowest BCUT2D eigenvalue weighted by atomic mass is 9.76. The first-order chi connectivity index (χ1) is 6.36. The number of piperidine rings is 1. The highest BCUT2D eigenvalue weighted by Crippen LogP contribution is 2.33. The average molecular weight is 199 g/mol. The van der Waals surface area contributed by atoms with E-state index in [1.165, 1.54) is 6.92 Å². The monoisotopic (exact) mass is 199 g/mol. The molecule has 0 saturated carbocycles. The van der Waals surface area contributed by atoms with Crippen LogP contribution in [-0.2, 0) is 4.79 Å². The Morgan fingerprint density at radius 1 is 1.36 bits per heavy atom. The van der Waals surface area contributed by atoms with Gasteiger partial charge in [0.2, 0.25) is 0 Å². The van der Waals surface area contributed by atoms with E-state index in [0.29, 0.717) is 6.42 Å². The molecule has 0 aliphatic carbocycles. The van der Waals surface area contributed by atoms with E-state index in [-0.39, 0.29) is 17.7 Å². The smallest absolute Gasteiger partial charge is 0.181 e. The minimum Gasteiger partial charge on any atom is -0.313 e. The molecule has 0 bridgehead atoms. The molecule has 0 unspecified atom stereocenters. The molecule has 0 aromatic carbocycles. The molecule has 1 saturated heterocycles. The third-order valence-corrected chi connectivity index (χ3v) is 2.40. The molecule has 2 nitrogen and oxygen atoms in total. The highest BCUT2D eigenvalue weighted by molar-refractivity contribution is 5.85. The molecule has 1 N–H and O–H groups in total. The maximum atomic E-state index is 13.8. The van der Waals surface area contributed by atoms with Gasteiger partial charge >= 0.3 is 0 Å². The Bertz CT molecular complexity index is 235. The van der Waals surface area contributed by atoms with E-state index < -0.39 is 5.67 Å². The molecule has 14 heavy (non-hydrogen) atoms. The second-order valence-corrected chi connectivity index (χ2v) is 4.47. The SMILES string of the molecule is C#C.CC(=O)[C@@]1(F)CNCC(C)(C)C1. The lowest BCUT2D eigenvalue weighted by Crippen LogP contribution is -2.53. The number of rotatable bonds is 1. The molecule has 0 spiro atoms. The Labute approximate surface area is 85.3 Å². The van der Waals surface area contributed by atoms with E-state index in [1.54, 1.807) is 0 Å². The highest BCUT2D eigenvalue weighted by Gasteiger charge is 2.43. The summed E-state index contributed by atoms with van der Waals surface area (Å²) in [5, 5.41) is 2.95. The van der Waals surface area contributed by atoms with E-state index in [2.05, 4.69) is 18.2 Å². The summed E-state index contributed by atoms with van der Waals surface area (Å²) in [4.78, 5) is 11.0. The number of alkyl halides is 1. The van der Waals surface area contributed by atoms with Crippen molar-refractivity contribution >= 4 is 5.78 Å². The molecule has 0 aromatic rings. The Kier molecular flexibility index (Phi) is 4.28. The van der Waals surface area contributed by atoms with Crippen molar-refractivity contribution in [3.05, 3.63) is 0 Å². The normalized spacial score (nSPS) is 29.9. The van der Waals surface area contributed by atoms with Crippen molar-refractivity contribution in [2.75, 3.05) is 13.1 Å². The van der Waals surface area contributed by atoms with Crippen LogP contribution in [0.3, 0.4) is 0 Å². The van der Waals surface area contributed by atoms with Gasteiger partial charge in [-0.15, -0.1) is 12.8 Å². The fourth-order valence-electron chi connectivity index (χ4n) is 1.73. The molecular weight excluding hydrogens is 181 g/mol. The zero-order valence-electron chi connectivity index (χ0n) is 9.06. The fourth-order valence-corrected chi connectivity index (χ4v) is 1.73. The van der Waals surface area contributed by atoms with Gasteiger partial charge < -0.3 is 5.32 Å². The van der Waals surface area contributed by atoms with Gasteiger partial charge in [-0.25, -0.2) is 4.39 Å². The topological polar surface area (TPSA) is 29.1 Å². The quantitative estimate of drug-likeness (QED) is 0.649. The Morgan fingerprint density at radius 3 is 2.14 bits per heavy atom. The summed E-state index contributed by atoms with van der Waals surface area (Å²) in [7, 11) is 0. The third kappa shape index (κ3) is 3.12. The molecule has 0 aromatic heterocycles. The second-order valence-electron chi connectivity index (χ2n) is 4.47. The molecule has 1 aliphatic rings. The number of terminal acetylenes is 1. The maximum absolute atomic E-state index is 13.8. The summed E-state index contributed by atoms with van der Waals surface area (Å²) in [6.45, 7) is 6.22. The third-order valence-electron chi connectivity index (χ3n) is 2.40. The van der Waals surface area contributed by atoms with Gasteiger partial charge in [0.25, 0.3) is 0 Å². The Hall–Kier alpha value is -0.880. The van der Waals surface area contributed by atoms with E-state index >= 15 is 0 Å². The molecule has 3 heteroatoms. The van der Waals surface area contributed by atoms with Gasteiger partial charge in [-0.3, -0.25) is 4.79 Å². The summed E-state index contributed by atoms with van der Waals surface area (Å²) >= 11 is 0. The van der Waals surface area contributed by atoms with Crippen molar-refractivity contribution < 1.29 is 9.18 Å². The molecule has 0 amide bonds. The van der Waals surface area contributed by atoms with E-state index in [0.717, 1.165) is 6.54 Å². The number of hydrogen-bond acceptors (Lipinski definition) is 2. The zero-order chi connectivity index (χ0) is 11.4. The summed E-state index contributed by atoms with van der Waals surface area (Å²) < 4.78 is 13.8. The minimum absolute atomic E-state index is 0.112. The van der Waals surface area contributed by atoms with Crippen LogP contribution >= 0.6 is 0 Å². The minimum atomic E-state index is -1.64. The number of carbonyl (C=O) groups excluding carboxylic acids is 1. The van der Waals surface area contributed by atoms with Crippen LogP contribution in [0.25, 0.3) is 0 Å². The predicted octanol–water partition coefficient (Wildman–Crippen LogP) is 1.55. The van der Waals surface area contributed by atoms with E-state index in [9.17, 15) is 9.18 Å². The molecule has 1 heterocycles. The van der Waals surface area contributed by atoms with Gasteiger partial charge in [0.1, 0.15) is 0 Å². The Balaban J connectivity index is 0.000000791. The van der Waals surface area contributed by atoms with Crippen LogP contribution in [0.4, 0.5) is 4.39 Å². The van der Waals surface area contributed by atoms with Crippen molar-refractivity contribution in [2.24, 2.45) is 5.41 Å².